The van der Waals surface area contributed by atoms with Crippen LogP contribution in [0.3, 0.4) is 0 Å². The number of amides is 1. The molecule has 0 aliphatic heterocycles. The van der Waals surface area contributed by atoms with E-state index in [1.165, 1.54) is 0 Å². The van der Waals surface area contributed by atoms with E-state index in [1.807, 2.05) is 38.1 Å². The third-order valence-electron chi connectivity index (χ3n) is 3.09. The predicted molar refractivity (Wildman–Crippen MR) is 76.3 cm³/mol. The highest BCUT2D eigenvalue weighted by Gasteiger charge is 2.20. The van der Waals surface area contributed by atoms with Crippen LogP contribution in [0.25, 0.3) is 11.0 Å². The monoisotopic (exact) mass is 309 g/mol. The second-order valence-corrected chi connectivity index (χ2v) is 5.22. The van der Waals surface area contributed by atoms with Crippen LogP contribution in [0.4, 0.5) is 0 Å². The van der Waals surface area contributed by atoms with Crippen molar-refractivity contribution in [2.75, 3.05) is 12.4 Å². The van der Waals surface area contributed by atoms with Gasteiger partial charge in [0.15, 0.2) is 5.76 Å². The molecule has 1 aromatic carbocycles. The van der Waals surface area contributed by atoms with E-state index < -0.39 is 0 Å². The first kappa shape index (κ1) is 13.1. The van der Waals surface area contributed by atoms with Gasteiger partial charge in [-0.15, -0.1) is 0 Å². The normalized spacial score (nSPS) is 12.7. The number of hydrogen-bond donors (Lipinski definition) is 0. The summed E-state index contributed by atoms with van der Waals surface area (Å²) in [5, 5.41) is 1.72. The fraction of sp³-hybridized carbons (Fsp3) is 0.357. The quantitative estimate of drug-likeness (QED) is 0.812. The van der Waals surface area contributed by atoms with Crippen LogP contribution in [0, 0.1) is 6.92 Å². The summed E-state index contributed by atoms with van der Waals surface area (Å²) in [6, 6.07) is 7.83. The SMILES string of the molecule is Cc1ccc2oc(C(=O)N(C)C(C)CBr)cc2c1. The summed E-state index contributed by atoms with van der Waals surface area (Å²) in [7, 11) is 1.78. The number of benzene rings is 1. The van der Waals surface area contributed by atoms with Crippen molar-refractivity contribution in [2.45, 2.75) is 19.9 Å². The first-order chi connectivity index (χ1) is 8.52. The Morgan fingerprint density at radius 2 is 2.17 bits per heavy atom. The van der Waals surface area contributed by atoms with Crippen LogP contribution in [0.5, 0.6) is 0 Å². The third kappa shape index (κ3) is 2.43. The van der Waals surface area contributed by atoms with Crippen molar-refractivity contribution < 1.29 is 9.21 Å². The molecule has 2 rings (SSSR count). The number of hydrogen-bond acceptors (Lipinski definition) is 2. The fourth-order valence-electron chi connectivity index (χ4n) is 1.75. The maximum atomic E-state index is 12.2. The van der Waals surface area contributed by atoms with Crippen LogP contribution in [0.1, 0.15) is 23.0 Å². The van der Waals surface area contributed by atoms with E-state index in [1.54, 1.807) is 11.9 Å². The van der Waals surface area contributed by atoms with Crippen LogP contribution in [0.15, 0.2) is 28.7 Å². The van der Waals surface area contributed by atoms with Gasteiger partial charge in [-0.25, -0.2) is 0 Å². The van der Waals surface area contributed by atoms with Gasteiger partial charge in [-0.05, 0) is 32.0 Å². The van der Waals surface area contributed by atoms with E-state index in [0.717, 1.165) is 21.9 Å². The lowest BCUT2D eigenvalue weighted by Crippen LogP contribution is -2.35. The van der Waals surface area contributed by atoms with Crippen molar-refractivity contribution in [1.82, 2.24) is 4.90 Å². The highest BCUT2D eigenvalue weighted by atomic mass is 79.9. The summed E-state index contributed by atoms with van der Waals surface area (Å²) < 4.78 is 5.59. The average molecular weight is 310 g/mol. The summed E-state index contributed by atoms with van der Waals surface area (Å²) in [6.07, 6.45) is 0. The minimum absolute atomic E-state index is 0.0872. The number of furan rings is 1. The van der Waals surface area contributed by atoms with E-state index in [0.29, 0.717) is 5.76 Å². The van der Waals surface area contributed by atoms with Crippen LogP contribution >= 0.6 is 15.9 Å². The molecular weight excluding hydrogens is 294 g/mol. The van der Waals surface area contributed by atoms with Crippen LogP contribution < -0.4 is 0 Å². The Hall–Kier alpha value is -1.29. The molecule has 0 N–H and O–H groups in total. The van der Waals surface area contributed by atoms with Gasteiger partial charge >= 0.3 is 0 Å². The second-order valence-electron chi connectivity index (χ2n) is 4.57. The van der Waals surface area contributed by atoms with Crippen molar-refractivity contribution in [3.63, 3.8) is 0 Å². The zero-order valence-electron chi connectivity index (χ0n) is 10.7. The van der Waals surface area contributed by atoms with Gasteiger partial charge in [0.05, 0.1) is 0 Å². The van der Waals surface area contributed by atoms with E-state index in [9.17, 15) is 4.79 Å². The first-order valence-electron chi connectivity index (χ1n) is 5.86. The standard InChI is InChI=1S/C14H16BrNO2/c1-9-4-5-12-11(6-9)7-13(18-12)14(17)16(3)10(2)8-15/h4-7,10H,8H2,1-3H3. The molecule has 0 fully saturated rings. The Balaban J connectivity index is 2.33. The molecule has 1 unspecified atom stereocenters. The van der Waals surface area contributed by atoms with Crippen LogP contribution in [-0.4, -0.2) is 29.2 Å². The van der Waals surface area contributed by atoms with E-state index in [-0.39, 0.29) is 11.9 Å². The number of alkyl halides is 1. The summed E-state index contributed by atoms with van der Waals surface area (Å²) >= 11 is 3.38. The molecule has 0 aliphatic carbocycles. The Labute approximate surface area is 115 Å². The van der Waals surface area contributed by atoms with Gasteiger partial charge in [0.25, 0.3) is 5.91 Å². The van der Waals surface area contributed by atoms with Gasteiger partial charge in [0, 0.05) is 23.8 Å². The summed E-state index contributed by atoms with van der Waals surface area (Å²) in [5.41, 5.74) is 1.91. The molecule has 1 atom stereocenters. The lowest BCUT2D eigenvalue weighted by atomic mass is 10.2. The molecule has 0 aliphatic rings. The van der Waals surface area contributed by atoms with Crippen molar-refractivity contribution in [3.8, 4) is 0 Å². The summed E-state index contributed by atoms with van der Waals surface area (Å²) in [4.78, 5) is 13.9. The Morgan fingerprint density at radius 3 is 2.83 bits per heavy atom. The molecule has 0 radical (unpaired) electrons. The number of carbonyl (C=O) groups excluding carboxylic acids is 1. The minimum Gasteiger partial charge on any atom is -0.451 e. The zero-order chi connectivity index (χ0) is 13.3. The van der Waals surface area contributed by atoms with E-state index in [4.69, 9.17) is 4.42 Å². The molecule has 18 heavy (non-hydrogen) atoms. The Morgan fingerprint density at radius 1 is 1.44 bits per heavy atom. The van der Waals surface area contributed by atoms with Gasteiger partial charge < -0.3 is 9.32 Å². The summed E-state index contributed by atoms with van der Waals surface area (Å²) in [5.74, 6) is 0.307. The lowest BCUT2D eigenvalue weighted by molar-refractivity contribution is 0.0728. The van der Waals surface area contributed by atoms with Crippen molar-refractivity contribution >= 4 is 32.8 Å². The van der Waals surface area contributed by atoms with Crippen molar-refractivity contribution in [1.29, 1.82) is 0 Å². The molecular formula is C14H16BrNO2. The van der Waals surface area contributed by atoms with Gasteiger partial charge in [0.2, 0.25) is 0 Å². The highest BCUT2D eigenvalue weighted by molar-refractivity contribution is 9.09. The minimum atomic E-state index is -0.0872. The van der Waals surface area contributed by atoms with E-state index in [2.05, 4.69) is 15.9 Å². The zero-order valence-corrected chi connectivity index (χ0v) is 12.3. The highest BCUT2D eigenvalue weighted by Crippen LogP contribution is 2.22. The largest absolute Gasteiger partial charge is 0.451 e. The first-order valence-corrected chi connectivity index (χ1v) is 6.98. The number of fused-ring (bicyclic) bond motifs is 1. The van der Waals surface area contributed by atoms with Crippen molar-refractivity contribution in [2.24, 2.45) is 0 Å². The fourth-order valence-corrected chi connectivity index (χ4v) is 2.18. The third-order valence-corrected chi connectivity index (χ3v) is 4.02. The molecule has 0 bridgehead atoms. The van der Waals surface area contributed by atoms with Crippen LogP contribution in [0.2, 0.25) is 0 Å². The molecule has 1 aromatic heterocycles. The number of aryl methyl sites for hydroxylation is 1. The van der Waals surface area contributed by atoms with Gasteiger partial charge in [-0.1, -0.05) is 27.6 Å². The predicted octanol–water partition coefficient (Wildman–Crippen LogP) is 3.60. The van der Waals surface area contributed by atoms with Gasteiger partial charge in [-0.3, -0.25) is 4.79 Å². The Kier molecular flexibility index (Phi) is 3.76. The van der Waals surface area contributed by atoms with Gasteiger partial charge in [-0.2, -0.15) is 0 Å². The average Bonchev–Trinajstić information content (AvgIpc) is 2.78. The molecule has 0 saturated heterocycles. The molecule has 1 amide bonds. The lowest BCUT2D eigenvalue weighted by Gasteiger charge is -2.21. The second kappa shape index (κ2) is 5.14. The number of carbonyl (C=O) groups is 1. The van der Waals surface area contributed by atoms with Crippen molar-refractivity contribution in [3.05, 3.63) is 35.6 Å². The molecule has 96 valence electrons. The topological polar surface area (TPSA) is 33.5 Å². The number of nitrogens with zero attached hydrogens (tertiary/aromatic N) is 1. The molecule has 3 nitrogen and oxygen atoms in total. The molecule has 0 spiro atoms. The molecule has 4 heteroatoms. The maximum absolute atomic E-state index is 12.2. The van der Waals surface area contributed by atoms with Crippen LogP contribution in [-0.2, 0) is 0 Å². The molecule has 0 saturated carbocycles. The smallest absolute Gasteiger partial charge is 0.289 e. The maximum Gasteiger partial charge on any atom is 0.289 e. The number of halogens is 1. The molecule has 2 aromatic rings. The Bertz CT molecular complexity index is 576. The van der Waals surface area contributed by atoms with E-state index >= 15 is 0 Å². The summed E-state index contributed by atoms with van der Waals surface area (Å²) in [6.45, 7) is 4.01. The molecule has 1 heterocycles. The van der Waals surface area contributed by atoms with Gasteiger partial charge in [0.1, 0.15) is 5.58 Å². The number of rotatable bonds is 3.